The molecule has 1 aromatic rings. The second-order valence-electron chi connectivity index (χ2n) is 4.84. The summed E-state index contributed by atoms with van der Waals surface area (Å²) in [4.78, 5) is 14.0. The number of carbonyl (C=O) groups excluding carboxylic acids is 1. The molecule has 7 heteroatoms. The van der Waals surface area contributed by atoms with Gasteiger partial charge in [0.15, 0.2) is 11.6 Å². The van der Waals surface area contributed by atoms with E-state index < -0.39 is 17.6 Å². The largest absolute Gasteiger partial charge is 0.459 e. The molecule has 0 amide bonds. The van der Waals surface area contributed by atoms with Crippen LogP contribution in [0.5, 0.6) is 0 Å². The minimum atomic E-state index is -1.14. The SMILES string of the molecule is CCN1CCOC(COC(=O)c2cc(F)c(F)cc2N)C1. The molecule has 1 aliphatic heterocycles. The standard InChI is InChI=1S/C14H18F2N2O3/c1-2-18-3-4-20-9(7-18)8-21-14(19)10-5-11(15)12(16)6-13(10)17/h5-6,9H,2-4,7-8,17H2,1H3. The first-order valence-corrected chi connectivity index (χ1v) is 6.76. The lowest BCUT2D eigenvalue weighted by molar-refractivity contribution is -0.0578. The zero-order valence-corrected chi connectivity index (χ0v) is 11.8. The number of anilines is 1. The Hall–Kier alpha value is -1.73. The van der Waals surface area contributed by atoms with Gasteiger partial charge in [-0.3, -0.25) is 4.90 Å². The van der Waals surface area contributed by atoms with Gasteiger partial charge in [0.2, 0.25) is 0 Å². The van der Waals surface area contributed by atoms with Crippen molar-refractivity contribution in [1.29, 1.82) is 0 Å². The molecule has 1 heterocycles. The predicted octanol–water partition coefficient (Wildman–Crippen LogP) is 1.42. The topological polar surface area (TPSA) is 64.8 Å². The fraction of sp³-hybridized carbons (Fsp3) is 0.500. The van der Waals surface area contributed by atoms with Crippen molar-refractivity contribution in [2.24, 2.45) is 0 Å². The second-order valence-corrected chi connectivity index (χ2v) is 4.84. The molecule has 0 radical (unpaired) electrons. The Balaban J connectivity index is 1.94. The van der Waals surface area contributed by atoms with Gasteiger partial charge in [-0.1, -0.05) is 6.92 Å². The van der Waals surface area contributed by atoms with Gasteiger partial charge in [0, 0.05) is 24.8 Å². The highest BCUT2D eigenvalue weighted by Crippen LogP contribution is 2.18. The van der Waals surface area contributed by atoms with Crippen molar-refractivity contribution in [2.45, 2.75) is 13.0 Å². The Kier molecular flexibility index (Phi) is 5.08. The molecule has 0 aliphatic carbocycles. The van der Waals surface area contributed by atoms with E-state index in [2.05, 4.69) is 4.90 Å². The zero-order valence-electron chi connectivity index (χ0n) is 11.8. The number of rotatable bonds is 4. The van der Waals surface area contributed by atoms with Gasteiger partial charge in [0.05, 0.1) is 12.2 Å². The van der Waals surface area contributed by atoms with Gasteiger partial charge in [-0.15, -0.1) is 0 Å². The van der Waals surface area contributed by atoms with Crippen molar-refractivity contribution in [3.05, 3.63) is 29.3 Å². The van der Waals surface area contributed by atoms with Crippen LogP contribution in [-0.4, -0.2) is 49.8 Å². The molecule has 116 valence electrons. The maximum absolute atomic E-state index is 13.1. The fourth-order valence-electron chi connectivity index (χ4n) is 2.15. The molecule has 0 bridgehead atoms. The number of likely N-dealkylation sites (N-methyl/N-ethyl adjacent to an activating group) is 1. The number of nitrogens with zero attached hydrogens (tertiary/aromatic N) is 1. The number of hydrogen-bond acceptors (Lipinski definition) is 5. The Morgan fingerprint density at radius 2 is 2.19 bits per heavy atom. The van der Waals surface area contributed by atoms with E-state index in [1.807, 2.05) is 6.92 Å². The van der Waals surface area contributed by atoms with Crippen LogP contribution in [0.3, 0.4) is 0 Å². The molecular formula is C14H18F2N2O3. The van der Waals surface area contributed by atoms with Gasteiger partial charge >= 0.3 is 5.97 Å². The van der Waals surface area contributed by atoms with Crippen molar-refractivity contribution in [3.8, 4) is 0 Å². The Morgan fingerprint density at radius 1 is 1.48 bits per heavy atom. The highest BCUT2D eigenvalue weighted by molar-refractivity contribution is 5.95. The quantitative estimate of drug-likeness (QED) is 0.673. The molecule has 1 aromatic carbocycles. The molecule has 1 unspecified atom stereocenters. The van der Waals surface area contributed by atoms with E-state index in [0.29, 0.717) is 13.2 Å². The smallest absolute Gasteiger partial charge is 0.340 e. The number of esters is 1. The molecule has 2 N–H and O–H groups in total. The van der Waals surface area contributed by atoms with Gasteiger partial charge < -0.3 is 15.2 Å². The van der Waals surface area contributed by atoms with Crippen LogP contribution < -0.4 is 5.73 Å². The zero-order chi connectivity index (χ0) is 15.4. The summed E-state index contributed by atoms with van der Waals surface area (Å²) in [7, 11) is 0. The third kappa shape index (κ3) is 3.89. The van der Waals surface area contributed by atoms with Gasteiger partial charge in [0.25, 0.3) is 0 Å². The lowest BCUT2D eigenvalue weighted by Crippen LogP contribution is -2.44. The summed E-state index contributed by atoms with van der Waals surface area (Å²) in [6.45, 7) is 5.06. The Morgan fingerprint density at radius 3 is 2.90 bits per heavy atom. The van der Waals surface area contributed by atoms with Crippen LogP contribution in [0.4, 0.5) is 14.5 Å². The molecule has 21 heavy (non-hydrogen) atoms. The second kappa shape index (κ2) is 6.82. The number of nitrogen functional groups attached to an aromatic ring is 1. The number of benzene rings is 1. The Labute approximate surface area is 121 Å². The van der Waals surface area contributed by atoms with E-state index in [1.54, 1.807) is 0 Å². The molecule has 1 aliphatic rings. The summed E-state index contributed by atoms with van der Waals surface area (Å²) in [6.07, 6.45) is -0.228. The molecule has 1 saturated heterocycles. The lowest BCUT2D eigenvalue weighted by Gasteiger charge is -2.31. The van der Waals surface area contributed by atoms with Crippen LogP contribution in [0, 0.1) is 11.6 Å². The molecule has 1 fully saturated rings. The van der Waals surface area contributed by atoms with Crippen LogP contribution in [0.25, 0.3) is 0 Å². The summed E-state index contributed by atoms with van der Waals surface area (Å²) in [5, 5.41) is 0. The van der Waals surface area contributed by atoms with E-state index in [9.17, 15) is 13.6 Å². The van der Waals surface area contributed by atoms with Crippen LogP contribution in [0.1, 0.15) is 17.3 Å². The molecule has 0 saturated carbocycles. The van der Waals surface area contributed by atoms with Crippen molar-refractivity contribution in [1.82, 2.24) is 4.90 Å². The van der Waals surface area contributed by atoms with E-state index in [0.717, 1.165) is 25.2 Å². The van der Waals surface area contributed by atoms with Crippen LogP contribution >= 0.6 is 0 Å². The average Bonchev–Trinajstić information content (AvgIpc) is 2.48. The monoisotopic (exact) mass is 300 g/mol. The van der Waals surface area contributed by atoms with Crippen molar-refractivity contribution in [3.63, 3.8) is 0 Å². The van der Waals surface area contributed by atoms with E-state index in [4.69, 9.17) is 15.2 Å². The van der Waals surface area contributed by atoms with Crippen LogP contribution in [-0.2, 0) is 9.47 Å². The molecule has 1 atom stereocenters. The first kappa shape index (κ1) is 15.7. The molecule has 0 spiro atoms. The van der Waals surface area contributed by atoms with Crippen LogP contribution in [0.15, 0.2) is 12.1 Å². The summed E-state index contributed by atoms with van der Waals surface area (Å²) in [5.74, 6) is -3.02. The van der Waals surface area contributed by atoms with Crippen molar-refractivity contribution >= 4 is 11.7 Å². The highest BCUT2D eigenvalue weighted by Gasteiger charge is 2.22. The lowest BCUT2D eigenvalue weighted by atomic mass is 10.1. The summed E-state index contributed by atoms with van der Waals surface area (Å²) in [5.41, 5.74) is 5.16. The van der Waals surface area contributed by atoms with E-state index in [1.165, 1.54) is 0 Å². The van der Waals surface area contributed by atoms with Gasteiger partial charge in [0.1, 0.15) is 12.7 Å². The Bertz CT molecular complexity index is 525. The first-order chi connectivity index (χ1) is 10.0. The number of halogens is 2. The van der Waals surface area contributed by atoms with Crippen molar-refractivity contribution < 1.29 is 23.0 Å². The third-order valence-electron chi connectivity index (χ3n) is 3.38. The fourth-order valence-corrected chi connectivity index (χ4v) is 2.15. The number of morpholine rings is 1. The predicted molar refractivity (Wildman–Crippen MR) is 72.9 cm³/mol. The maximum atomic E-state index is 13.1. The third-order valence-corrected chi connectivity index (χ3v) is 3.38. The van der Waals surface area contributed by atoms with Crippen LogP contribution in [0.2, 0.25) is 0 Å². The number of ether oxygens (including phenoxy) is 2. The normalized spacial score (nSPS) is 19.5. The van der Waals surface area contributed by atoms with Gasteiger partial charge in [-0.25, -0.2) is 13.6 Å². The molecule has 5 nitrogen and oxygen atoms in total. The highest BCUT2D eigenvalue weighted by atomic mass is 19.2. The van der Waals surface area contributed by atoms with Gasteiger partial charge in [-0.2, -0.15) is 0 Å². The first-order valence-electron chi connectivity index (χ1n) is 6.76. The molecular weight excluding hydrogens is 282 g/mol. The summed E-state index contributed by atoms with van der Waals surface area (Å²) >= 11 is 0. The summed E-state index contributed by atoms with van der Waals surface area (Å²) in [6, 6.07) is 1.51. The number of nitrogens with two attached hydrogens (primary N) is 1. The van der Waals surface area contributed by atoms with E-state index >= 15 is 0 Å². The minimum absolute atomic E-state index is 0.0494. The maximum Gasteiger partial charge on any atom is 0.340 e. The van der Waals surface area contributed by atoms with E-state index in [-0.39, 0.29) is 24.0 Å². The summed E-state index contributed by atoms with van der Waals surface area (Å²) < 4.78 is 36.7. The molecule has 0 aromatic heterocycles. The number of hydrogen-bond donors (Lipinski definition) is 1. The number of carbonyl (C=O) groups is 1. The average molecular weight is 300 g/mol. The minimum Gasteiger partial charge on any atom is -0.459 e. The molecule has 2 rings (SSSR count). The van der Waals surface area contributed by atoms with Gasteiger partial charge in [-0.05, 0) is 12.6 Å². The van der Waals surface area contributed by atoms with Crippen molar-refractivity contribution in [2.75, 3.05) is 38.6 Å².